The Morgan fingerprint density at radius 1 is 1.15 bits per heavy atom. The molecular weight excluding hydrogens is 215 g/mol. The molecule has 4 nitrogen and oxygen atoms in total. The first-order valence-electron chi connectivity index (χ1n) is 3.67. The molecule has 13 heavy (non-hydrogen) atoms. The Labute approximate surface area is 91.4 Å². The fourth-order valence-corrected chi connectivity index (χ4v) is 1.14. The van der Waals surface area contributed by atoms with Crippen molar-refractivity contribution in [3.05, 3.63) is 0 Å². The highest BCUT2D eigenvalue weighted by molar-refractivity contribution is 5.85. The average molecular weight is 233 g/mol. The van der Waals surface area contributed by atoms with Gasteiger partial charge in [-0.15, -0.1) is 24.8 Å². The summed E-state index contributed by atoms with van der Waals surface area (Å²) < 4.78 is 0. The number of hydrogen-bond acceptors (Lipinski definition) is 3. The fourth-order valence-electron chi connectivity index (χ4n) is 1.14. The number of halogens is 2. The van der Waals surface area contributed by atoms with Gasteiger partial charge >= 0.3 is 0 Å². The molecule has 0 bridgehead atoms. The van der Waals surface area contributed by atoms with Crippen LogP contribution in [0.2, 0.25) is 0 Å². The van der Waals surface area contributed by atoms with Crippen molar-refractivity contribution in [1.29, 1.82) is 0 Å². The molecule has 0 radical (unpaired) electrons. The topological polar surface area (TPSA) is 55.0 Å². The van der Waals surface area contributed by atoms with E-state index in [9.17, 15) is 4.79 Å². The molecule has 0 atom stereocenters. The summed E-state index contributed by atoms with van der Waals surface area (Å²) in [6.07, 6.45) is 0.978. The lowest BCUT2D eigenvalue weighted by molar-refractivity contribution is -0.109. The van der Waals surface area contributed by atoms with Gasteiger partial charge in [-0.05, 0) is 7.05 Å². The first-order valence-corrected chi connectivity index (χ1v) is 3.67. The van der Waals surface area contributed by atoms with Gasteiger partial charge in [-0.2, -0.15) is 0 Å². The number of likely N-dealkylation sites (N-methyl/N-ethyl adjacent to an activating group) is 1. The molecule has 1 aliphatic heterocycles. The lowest BCUT2D eigenvalue weighted by atomic mass is 10.3. The van der Waals surface area contributed by atoms with Gasteiger partial charge in [0.15, 0.2) is 0 Å². The van der Waals surface area contributed by atoms with Gasteiger partial charge in [0, 0.05) is 26.2 Å². The van der Waals surface area contributed by atoms with E-state index in [-0.39, 0.29) is 30.3 Å². The summed E-state index contributed by atoms with van der Waals surface area (Å²) in [6.45, 7) is 4.86. The number of carbonyl (C=O) groups excluding carboxylic acids is 1. The molecule has 1 rings (SSSR count). The Hall–Kier alpha value is 0.130. The second kappa shape index (κ2) is 10.2. The van der Waals surface area contributed by atoms with Crippen LogP contribution >= 0.6 is 24.8 Å². The molecule has 1 fully saturated rings. The van der Waals surface area contributed by atoms with Crippen molar-refractivity contribution in [3.8, 4) is 0 Å². The van der Waals surface area contributed by atoms with E-state index < -0.39 is 0 Å². The summed E-state index contributed by atoms with van der Waals surface area (Å²) >= 11 is 0. The highest BCUT2D eigenvalue weighted by Gasteiger charge is 2.11. The zero-order valence-electron chi connectivity index (χ0n) is 7.73. The van der Waals surface area contributed by atoms with E-state index in [4.69, 9.17) is 0 Å². The normalized spacial score (nSPS) is 17.6. The summed E-state index contributed by atoms with van der Waals surface area (Å²) in [5.74, 6) is 0. The van der Waals surface area contributed by atoms with Crippen LogP contribution in [0.3, 0.4) is 0 Å². The van der Waals surface area contributed by atoms with Gasteiger partial charge in [0.1, 0.15) is 6.29 Å². The van der Waals surface area contributed by atoms with Gasteiger partial charge in [-0.25, -0.2) is 0 Å². The monoisotopic (exact) mass is 232 g/mol. The van der Waals surface area contributed by atoms with Crippen LogP contribution in [0.15, 0.2) is 0 Å². The second-order valence-corrected chi connectivity index (χ2v) is 2.77. The molecule has 1 saturated heterocycles. The first kappa shape index (κ1) is 18.8. The lowest BCUT2D eigenvalue weighted by Crippen LogP contribution is -2.44. The number of nitrogens with zero attached hydrogens (tertiary/aromatic N) is 2. The zero-order valence-corrected chi connectivity index (χ0v) is 9.37. The maximum absolute atomic E-state index is 10.1. The first-order chi connectivity index (χ1) is 4.83. The SMILES string of the molecule is CN1CCN(CC=O)CC1.Cl.Cl.O. The van der Waals surface area contributed by atoms with Crippen LogP contribution in [0.25, 0.3) is 0 Å². The van der Waals surface area contributed by atoms with Gasteiger partial charge in [0.2, 0.25) is 0 Å². The van der Waals surface area contributed by atoms with Crippen molar-refractivity contribution in [3.63, 3.8) is 0 Å². The summed E-state index contributed by atoms with van der Waals surface area (Å²) in [6, 6.07) is 0. The summed E-state index contributed by atoms with van der Waals surface area (Å²) in [5, 5.41) is 0. The Morgan fingerprint density at radius 2 is 1.62 bits per heavy atom. The van der Waals surface area contributed by atoms with E-state index >= 15 is 0 Å². The molecule has 0 amide bonds. The Morgan fingerprint density at radius 3 is 2.00 bits per heavy atom. The predicted octanol–water partition coefficient (Wildman–Crippen LogP) is -0.548. The standard InChI is InChI=1S/C7H14N2O.2ClH.H2O/c1-8-2-4-9(5-3-8)6-7-10;;;/h7H,2-6H2,1H3;2*1H;1H2. The smallest absolute Gasteiger partial charge is 0.133 e. The molecule has 2 N–H and O–H groups in total. The summed E-state index contributed by atoms with van der Waals surface area (Å²) in [4.78, 5) is 14.6. The Balaban J connectivity index is -0.000000333. The van der Waals surface area contributed by atoms with Crippen molar-refractivity contribution in [2.24, 2.45) is 0 Å². The van der Waals surface area contributed by atoms with Crippen molar-refractivity contribution < 1.29 is 10.3 Å². The third-order valence-corrected chi connectivity index (χ3v) is 1.93. The van der Waals surface area contributed by atoms with Crippen LogP contribution in [0, 0.1) is 0 Å². The van der Waals surface area contributed by atoms with Crippen LogP contribution in [0.5, 0.6) is 0 Å². The van der Waals surface area contributed by atoms with Gasteiger partial charge in [0.05, 0.1) is 6.54 Å². The number of carbonyl (C=O) groups is 1. The van der Waals surface area contributed by atoms with Gasteiger partial charge in [0.25, 0.3) is 0 Å². The maximum Gasteiger partial charge on any atom is 0.133 e. The van der Waals surface area contributed by atoms with E-state index in [0.717, 1.165) is 32.5 Å². The minimum Gasteiger partial charge on any atom is -0.412 e. The molecule has 82 valence electrons. The van der Waals surface area contributed by atoms with Gasteiger partial charge in [-0.3, -0.25) is 4.90 Å². The third kappa shape index (κ3) is 7.22. The molecule has 0 aliphatic carbocycles. The largest absolute Gasteiger partial charge is 0.412 e. The molecule has 0 spiro atoms. The zero-order chi connectivity index (χ0) is 7.40. The minimum atomic E-state index is 0. The molecule has 0 saturated carbocycles. The fraction of sp³-hybridized carbons (Fsp3) is 0.857. The lowest BCUT2D eigenvalue weighted by Gasteiger charge is -2.30. The van der Waals surface area contributed by atoms with Crippen LogP contribution in [0.4, 0.5) is 0 Å². The maximum atomic E-state index is 10.1. The van der Waals surface area contributed by atoms with E-state index in [0.29, 0.717) is 6.54 Å². The molecule has 0 aromatic heterocycles. The molecule has 0 aromatic rings. The summed E-state index contributed by atoms with van der Waals surface area (Å²) in [5.41, 5.74) is 0. The van der Waals surface area contributed by atoms with Crippen molar-refractivity contribution >= 4 is 31.1 Å². The van der Waals surface area contributed by atoms with Crippen molar-refractivity contribution in [2.45, 2.75) is 0 Å². The number of piperazine rings is 1. The number of rotatable bonds is 2. The minimum absolute atomic E-state index is 0. The highest BCUT2D eigenvalue weighted by atomic mass is 35.5. The molecule has 0 aromatic carbocycles. The summed E-state index contributed by atoms with van der Waals surface area (Å²) in [7, 11) is 2.11. The van der Waals surface area contributed by atoms with E-state index in [2.05, 4.69) is 16.8 Å². The van der Waals surface area contributed by atoms with Crippen LogP contribution in [-0.4, -0.2) is 61.3 Å². The molecule has 1 aliphatic rings. The van der Waals surface area contributed by atoms with E-state index in [1.807, 2.05) is 0 Å². The van der Waals surface area contributed by atoms with Crippen molar-refractivity contribution in [1.82, 2.24) is 9.80 Å². The van der Waals surface area contributed by atoms with Crippen LogP contribution in [-0.2, 0) is 4.79 Å². The quantitative estimate of drug-likeness (QED) is 0.601. The number of aldehydes is 1. The Bertz CT molecular complexity index is 119. The molecule has 6 heteroatoms. The highest BCUT2D eigenvalue weighted by Crippen LogP contribution is 1.96. The van der Waals surface area contributed by atoms with E-state index in [1.54, 1.807) is 0 Å². The van der Waals surface area contributed by atoms with E-state index in [1.165, 1.54) is 0 Å². The number of hydrogen-bond donors (Lipinski definition) is 0. The molecule has 0 unspecified atom stereocenters. The molecular formula is C7H18Cl2N2O2. The van der Waals surface area contributed by atoms with Gasteiger partial charge in [-0.1, -0.05) is 0 Å². The second-order valence-electron chi connectivity index (χ2n) is 2.77. The Kier molecular flexibility index (Phi) is 14.8. The third-order valence-electron chi connectivity index (χ3n) is 1.93. The van der Waals surface area contributed by atoms with Crippen LogP contribution in [0.1, 0.15) is 0 Å². The average Bonchev–Trinajstić information content (AvgIpc) is 1.95. The predicted molar refractivity (Wildman–Crippen MR) is 58.1 cm³/mol. The van der Waals surface area contributed by atoms with Crippen molar-refractivity contribution in [2.75, 3.05) is 39.8 Å². The van der Waals surface area contributed by atoms with Crippen LogP contribution < -0.4 is 0 Å². The van der Waals surface area contributed by atoms with Gasteiger partial charge < -0.3 is 15.2 Å². The molecule has 1 heterocycles.